The van der Waals surface area contributed by atoms with Crippen molar-refractivity contribution in [2.24, 2.45) is 0 Å². The first-order chi connectivity index (χ1) is 15.1. The highest BCUT2D eigenvalue weighted by Crippen LogP contribution is 2.32. The topological polar surface area (TPSA) is 82.2 Å². The van der Waals surface area contributed by atoms with Gasteiger partial charge in [0, 0.05) is 16.8 Å². The molecule has 0 saturated heterocycles. The molecule has 0 aliphatic carbocycles. The van der Waals surface area contributed by atoms with Crippen molar-refractivity contribution in [1.29, 1.82) is 0 Å². The van der Waals surface area contributed by atoms with E-state index in [1.165, 1.54) is 18.9 Å². The minimum Gasteiger partial charge on any atom is -0.495 e. The van der Waals surface area contributed by atoms with Crippen molar-refractivity contribution in [2.45, 2.75) is 12.1 Å². The number of thioether (sulfide) groups is 1. The van der Waals surface area contributed by atoms with Gasteiger partial charge in [0.15, 0.2) is 10.9 Å². The minimum absolute atomic E-state index is 0.133. The van der Waals surface area contributed by atoms with Gasteiger partial charge in [0.2, 0.25) is 11.7 Å². The van der Waals surface area contributed by atoms with E-state index >= 15 is 0 Å². The highest BCUT2D eigenvalue weighted by atomic mass is 35.5. The summed E-state index contributed by atoms with van der Waals surface area (Å²) in [7, 11) is 1.53. The van der Waals surface area contributed by atoms with Gasteiger partial charge in [0.25, 0.3) is 0 Å². The number of nitrogens with zero attached hydrogens (tertiary/aromatic N) is 3. The van der Waals surface area contributed by atoms with Crippen LogP contribution in [-0.2, 0) is 4.79 Å². The average Bonchev–Trinajstić information content (AvgIpc) is 3.45. The zero-order valence-corrected chi connectivity index (χ0v) is 18.4. The Balaban J connectivity index is 1.55. The van der Waals surface area contributed by atoms with Gasteiger partial charge >= 0.3 is 0 Å². The number of hydrogen-bond acceptors (Lipinski definition) is 6. The first-order valence-electron chi connectivity index (χ1n) is 9.38. The number of ether oxygens (including phenoxy) is 1. The van der Waals surface area contributed by atoms with Crippen molar-refractivity contribution < 1.29 is 13.9 Å². The van der Waals surface area contributed by atoms with E-state index in [-0.39, 0.29) is 11.7 Å². The lowest BCUT2D eigenvalue weighted by Gasteiger charge is -2.12. The smallest absolute Gasteiger partial charge is 0.234 e. The van der Waals surface area contributed by atoms with Crippen LogP contribution in [0.2, 0.25) is 5.02 Å². The molecule has 0 unspecified atom stereocenters. The summed E-state index contributed by atoms with van der Waals surface area (Å²) >= 11 is 7.42. The summed E-state index contributed by atoms with van der Waals surface area (Å²) in [5.41, 5.74) is 2.28. The Morgan fingerprint density at radius 1 is 1.19 bits per heavy atom. The molecule has 0 atom stereocenters. The Labute approximate surface area is 188 Å². The summed E-state index contributed by atoms with van der Waals surface area (Å²) in [4.78, 5) is 12.6. The fraction of sp³-hybridized carbons (Fsp3) is 0.136. The maximum Gasteiger partial charge on any atom is 0.234 e. The van der Waals surface area contributed by atoms with Crippen molar-refractivity contribution in [3.05, 3.63) is 71.4 Å². The van der Waals surface area contributed by atoms with Crippen molar-refractivity contribution in [2.75, 3.05) is 18.2 Å². The van der Waals surface area contributed by atoms with Gasteiger partial charge in [-0.3, -0.25) is 9.36 Å². The van der Waals surface area contributed by atoms with Crippen LogP contribution in [0.4, 0.5) is 5.69 Å². The highest BCUT2D eigenvalue weighted by molar-refractivity contribution is 7.99. The molecule has 31 heavy (non-hydrogen) atoms. The van der Waals surface area contributed by atoms with E-state index in [9.17, 15) is 4.79 Å². The molecule has 0 saturated carbocycles. The lowest BCUT2D eigenvalue weighted by Crippen LogP contribution is -2.15. The van der Waals surface area contributed by atoms with E-state index in [1.54, 1.807) is 24.5 Å². The third-order valence-electron chi connectivity index (χ3n) is 4.48. The highest BCUT2D eigenvalue weighted by Gasteiger charge is 2.19. The van der Waals surface area contributed by atoms with E-state index in [4.69, 9.17) is 20.8 Å². The number of aryl methyl sites for hydroxylation is 1. The number of aromatic nitrogens is 3. The molecule has 2 heterocycles. The number of amides is 1. The molecule has 4 aromatic rings. The molecule has 0 bridgehead atoms. The summed E-state index contributed by atoms with van der Waals surface area (Å²) in [5.74, 6) is 1.59. The molecule has 9 heteroatoms. The number of benzene rings is 2. The number of rotatable bonds is 7. The fourth-order valence-electron chi connectivity index (χ4n) is 2.98. The molecule has 2 aromatic carbocycles. The Kier molecular flexibility index (Phi) is 6.29. The summed E-state index contributed by atoms with van der Waals surface area (Å²) < 4.78 is 12.7. The molecule has 0 aliphatic heterocycles. The van der Waals surface area contributed by atoms with Crippen molar-refractivity contribution in [3.8, 4) is 23.0 Å². The van der Waals surface area contributed by atoms with E-state index in [2.05, 4.69) is 15.5 Å². The zero-order chi connectivity index (χ0) is 21.8. The molecule has 4 rings (SSSR count). The molecule has 158 valence electrons. The van der Waals surface area contributed by atoms with Gasteiger partial charge in [-0.05, 0) is 42.8 Å². The molecule has 0 aliphatic rings. The molecule has 0 radical (unpaired) electrons. The SMILES string of the molecule is COc1cc(Cl)c(C)cc1NC(=O)CSc1nnc(-c2ccco2)n1-c1ccccc1. The first-order valence-corrected chi connectivity index (χ1v) is 10.7. The number of methoxy groups -OCH3 is 1. The number of nitrogens with one attached hydrogen (secondary N) is 1. The van der Waals surface area contributed by atoms with Gasteiger partial charge in [-0.15, -0.1) is 10.2 Å². The number of halogens is 1. The van der Waals surface area contributed by atoms with E-state index in [0.717, 1.165) is 11.3 Å². The second-order valence-electron chi connectivity index (χ2n) is 6.59. The van der Waals surface area contributed by atoms with Gasteiger partial charge in [0.1, 0.15) is 5.75 Å². The number of furan rings is 1. The standard InChI is InChI=1S/C22H19ClN4O3S/c1-14-11-17(19(29-2)12-16(14)23)24-20(28)13-31-22-26-25-21(18-9-6-10-30-18)27(22)15-7-4-3-5-8-15/h3-12H,13H2,1-2H3,(H,24,28). The zero-order valence-electron chi connectivity index (χ0n) is 16.8. The summed E-state index contributed by atoms with van der Waals surface area (Å²) in [6, 6.07) is 16.8. The van der Waals surface area contributed by atoms with Crippen LogP contribution in [-0.4, -0.2) is 33.5 Å². The van der Waals surface area contributed by atoms with Crippen LogP contribution in [0.15, 0.2) is 70.4 Å². The van der Waals surface area contributed by atoms with E-state index < -0.39 is 0 Å². The van der Waals surface area contributed by atoms with Crippen molar-refractivity contribution in [1.82, 2.24) is 14.8 Å². The van der Waals surface area contributed by atoms with E-state index in [1.807, 2.05) is 47.9 Å². The second-order valence-corrected chi connectivity index (χ2v) is 7.94. The monoisotopic (exact) mass is 454 g/mol. The Hall–Kier alpha value is -3.23. The minimum atomic E-state index is -0.202. The third kappa shape index (κ3) is 4.60. The molecule has 7 nitrogen and oxygen atoms in total. The second kappa shape index (κ2) is 9.28. The predicted molar refractivity (Wildman–Crippen MR) is 121 cm³/mol. The maximum absolute atomic E-state index is 12.6. The number of hydrogen-bond donors (Lipinski definition) is 1. The van der Waals surface area contributed by atoms with Crippen LogP contribution < -0.4 is 10.1 Å². The number of carbonyl (C=O) groups excluding carboxylic acids is 1. The van der Waals surface area contributed by atoms with Gasteiger partial charge < -0.3 is 14.5 Å². The summed E-state index contributed by atoms with van der Waals surface area (Å²) in [5, 5.41) is 12.6. The number of para-hydroxylation sites is 1. The normalized spacial score (nSPS) is 10.8. The van der Waals surface area contributed by atoms with Crippen LogP contribution in [0.1, 0.15) is 5.56 Å². The van der Waals surface area contributed by atoms with Crippen LogP contribution in [0, 0.1) is 6.92 Å². The van der Waals surface area contributed by atoms with Gasteiger partial charge in [-0.1, -0.05) is 41.6 Å². The predicted octanol–water partition coefficient (Wildman–Crippen LogP) is 5.23. The first kappa shape index (κ1) is 21.0. The third-order valence-corrected chi connectivity index (χ3v) is 5.81. The fourth-order valence-corrected chi connectivity index (χ4v) is 3.89. The van der Waals surface area contributed by atoms with Crippen LogP contribution in [0.5, 0.6) is 5.75 Å². The molecular weight excluding hydrogens is 436 g/mol. The summed E-state index contributed by atoms with van der Waals surface area (Å²) in [6.07, 6.45) is 1.58. The van der Waals surface area contributed by atoms with E-state index in [0.29, 0.717) is 33.2 Å². The van der Waals surface area contributed by atoms with Crippen molar-refractivity contribution >= 4 is 35.0 Å². The largest absolute Gasteiger partial charge is 0.495 e. The van der Waals surface area contributed by atoms with Gasteiger partial charge in [0.05, 0.1) is 24.8 Å². The Morgan fingerprint density at radius 3 is 2.71 bits per heavy atom. The average molecular weight is 455 g/mol. The molecule has 1 N–H and O–H groups in total. The number of anilines is 1. The quantitative estimate of drug-likeness (QED) is 0.385. The van der Waals surface area contributed by atoms with Crippen molar-refractivity contribution in [3.63, 3.8) is 0 Å². The Morgan fingerprint density at radius 2 is 2.00 bits per heavy atom. The van der Waals surface area contributed by atoms with Crippen LogP contribution in [0.3, 0.4) is 0 Å². The molecular formula is C22H19ClN4O3S. The molecule has 0 spiro atoms. The van der Waals surface area contributed by atoms with Crippen LogP contribution >= 0.6 is 23.4 Å². The van der Waals surface area contributed by atoms with Gasteiger partial charge in [-0.25, -0.2) is 0 Å². The lowest BCUT2D eigenvalue weighted by molar-refractivity contribution is -0.113. The lowest BCUT2D eigenvalue weighted by atomic mass is 10.2. The molecule has 2 aromatic heterocycles. The molecule has 1 amide bonds. The Bertz CT molecular complexity index is 1190. The van der Waals surface area contributed by atoms with Crippen LogP contribution in [0.25, 0.3) is 17.3 Å². The number of carbonyl (C=O) groups is 1. The summed E-state index contributed by atoms with van der Waals surface area (Å²) in [6.45, 7) is 1.87. The molecule has 0 fully saturated rings. The van der Waals surface area contributed by atoms with Gasteiger partial charge in [-0.2, -0.15) is 0 Å². The maximum atomic E-state index is 12.6.